The Balaban J connectivity index is 1.86. The highest BCUT2D eigenvalue weighted by molar-refractivity contribution is 6.32. The lowest BCUT2D eigenvalue weighted by Crippen LogP contribution is -2.24. The predicted molar refractivity (Wildman–Crippen MR) is 86.3 cm³/mol. The van der Waals surface area contributed by atoms with Crippen LogP contribution in [0.5, 0.6) is 0 Å². The first-order chi connectivity index (χ1) is 10.3. The minimum absolute atomic E-state index is 0.611. The van der Waals surface area contributed by atoms with Gasteiger partial charge < -0.3 is 0 Å². The van der Waals surface area contributed by atoms with E-state index in [-0.39, 0.29) is 0 Å². The molecule has 0 aliphatic carbocycles. The van der Waals surface area contributed by atoms with Crippen molar-refractivity contribution in [1.29, 1.82) is 0 Å². The van der Waals surface area contributed by atoms with Gasteiger partial charge in [-0.25, -0.2) is 4.68 Å². The van der Waals surface area contributed by atoms with Gasteiger partial charge in [0.25, 0.3) is 0 Å². The minimum Gasteiger partial charge on any atom is -0.297 e. The van der Waals surface area contributed by atoms with E-state index in [1.807, 2.05) is 43.5 Å². The van der Waals surface area contributed by atoms with Crippen molar-refractivity contribution >= 4 is 17.8 Å². The van der Waals surface area contributed by atoms with Crippen molar-refractivity contribution in [3.8, 4) is 5.69 Å². The minimum atomic E-state index is 0.611. The topological polar surface area (TPSA) is 33.4 Å². The second-order valence-electron chi connectivity index (χ2n) is 5.30. The van der Waals surface area contributed by atoms with Gasteiger partial charge in [-0.3, -0.25) is 5.01 Å². The van der Waals surface area contributed by atoms with Gasteiger partial charge in [0.2, 0.25) is 0 Å². The van der Waals surface area contributed by atoms with E-state index in [9.17, 15) is 0 Å². The third kappa shape index (κ3) is 3.10. The largest absolute Gasteiger partial charge is 0.297 e. The van der Waals surface area contributed by atoms with Crippen LogP contribution in [0.25, 0.3) is 5.69 Å². The molecule has 0 amide bonds. The Bertz CT molecular complexity index is 627. The molecule has 0 atom stereocenters. The molecule has 2 heterocycles. The van der Waals surface area contributed by atoms with E-state index in [1.54, 1.807) is 4.68 Å². The van der Waals surface area contributed by atoms with Gasteiger partial charge in [0.15, 0.2) is 0 Å². The Morgan fingerprint density at radius 2 is 1.86 bits per heavy atom. The molecule has 1 saturated heterocycles. The fourth-order valence-corrected chi connectivity index (χ4v) is 2.85. The molecule has 5 heteroatoms. The fraction of sp³-hybridized carbons (Fsp3) is 0.375. The van der Waals surface area contributed by atoms with Gasteiger partial charge in [-0.2, -0.15) is 10.2 Å². The number of aromatic nitrogens is 2. The average molecular weight is 303 g/mol. The summed E-state index contributed by atoms with van der Waals surface area (Å²) in [6, 6.07) is 9.91. The first-order valence-electron chi connectivity index (χ1n) is 7.35. The Morgan fingerprint density at radius 3 is 2.57 bits per heavy atom. The Labute approximate surface area is 130 Å². The highest BCUT2D eigenvalue weighted by Gasteiger charge is 2.14. The molecule has 21 heavy (non-hydrogen) atoms. The van der Waals surface area contributed by atoms with E-state index in [0.29, 0.717) is 5.15 Å². The number of hydrogen-bond acceptors (Lipinski definition) is 3. The molecular weight excluding hydrogens is 284 g/mol. The first-order valence-corrected chi connectivity index (χ1v) is 7.73. The summed E-state index contributed by atoms with van der Waals surface area (Å²) < 4.78 is 1.76. The van der Waals surface area contributed by atoms with E-state index in [0.717, 1.165) is 30.0 Å². The summed E-state index contributed by atoms with van der Waals surface area (Å²) in [5, 5.41) is 11.8. The van der Waals surface area contributed by atoms with Gasteiger partial charge in [0, 0.05) is 13.1 Å². The quantitative estimate of drug-likeness (QED) is 0.811. The number of nitrogens with zero attached hydrogens (tertiary/aromatic N) is 4. The van der Waals surface area contributed by atoms with Crippen molar-refractivity contribution in [2.75, 3.05) is 13.1 Å². The molecule has 0 spiro atoms. The molecule has 4 nitrogen and oxygen atoms in total. The molecular formula is C16H19ClN4. The van der Waals surface area contributed by atoms with Crippen LogP contribution in [0.4, 0.5) is 0 Å². The maximum absolute atomic E-state index is 6.47. The van der Waals surface area contributed by atoms with Gasteiger partial charge in [0.05, 0.1) is 23.2 Å². The van der Waals surface area contributed by atoms with Crippen molar-refractivity contribution in [3.63, 3.8) is 0 Å². The molecule has 1 aliphatic heterocycles. The second-order valence-corrected chi connectivity index (χ2v) is 5.65. The molecule has 3 rings (SSSR count). The maximum Gasteiger partial charge on any atom is 0.142 e. The van der Waals surface area contributed by atoms with Crippen LogP contribution in [-0.4, -0.2) is 34.1 Å². The van der Waals surface area contributed by atoms with Crippen molar-refractivity contribution in [2.45, 2.75) is 26.2 Å². The number of hydrazone groups is 1. The van der Waals surface area contributed by atoms with Gasteiger partial charge in [-0.05, 0) is 38.3 Å². The molecule has 1 fully saturated rings. The number of hydrogen-bond donors (Lipinski definition) is 0. The third-order valence-electron chi connectivity index (χ3n) is 3.73. The smallest absolute Gasteiger partial charge is 0.142 e. The van der Waals surface area contributed by atoms with Crippen LogP contribution in [-0.2, 0) is 0 Å². The van der Waals surface area contributed by atoms with Crippen LogP contribution in [0.15, 0.2) is 35.4 Å². The summed E-state index contributed by atoms with van der Waals surface area (Å²) >= 11 is 6.47. The van der Waals surface area contributed by atoms with Crippen molar-refractivity contribution in [3.05, 3.63) is 46.7 Å². The van der Waals surface area contributed by atoms with E-state index in [1.165, 1.54) is 19.3 Å². The second kappa shape index (κ2) is 6.31. The van der Waals surface area contributed by atoms with E-state index < -0.39 is 0 Å². The Hall–Kier alpha value is -1.81. The highest BCUT2D eigenvalue weighted by atomic mass is 35.5. The van der Waals surface area contributed by atoms with Crippen LogP contribution in [0, 0.1) is 6.92 Å². The SMILES string of the molecule is Cc1nn(-c2ccccc2)c(Cl)c1/C=N/N1CCCCC1. The lowest BCUT2D eigenvalue weighted by molar-refractivity contribution is 0.240. The maximum atomic E-state index is 6.47. The van der Waals surface area contributed by atoms with Crippen LogP contribution >= 0.6 is 11.6 Å². The Morgan fingerprint density at radius 1 is 1.14 bits per heavy atom. The molecule has 1 aromatic carbocycles. The molecule has 0 unspecified atom stereocenters. The number of para-hydroxylation sites is 1. The molecule has 1 aliphatic rings. The predicted octanol–water partition coefficient (Wildman–Crippen LogP) is 3.65. The molecule has 110 valence electrons. The zero-order valence-corrected chi connectivity index (χ0v) is 12.9. The summed E-state index contributed by atoms with van der Waals surface area (Å²) in [6.07, 6.45) is 5.58. The number of halogens is 1. The number of piperidine rings is 1. The van der Waals surface area contributed by atoms with Crippen molar-refractivity contribution in [1.82, 2.24) is 14.8 Å². The van der Waals surface area contributed by atoms with Crippen LogP contribution in [0.1, 0.15) is 30.5 Å². The fourth-order valence-electron chi connectivity index (χ4n) is 2.53. The van der Waals surface area contributed by atoms with Crippen molar-refractivity contribution < 1.29 is 0 Å². The third-order valence-corrected chi connectivity index (χ3v) is 4.10. The van der Waals surface area contributed by atoms with Crippen molar-refractivity contribution in [2.24, 2.45) is 5.10 Å². The summed E-state index contributed by atoms with van der Waals surface area (Å²) in [7, 11) is 0. The normalized spacial score (nSPS) is 15.8. The Kier molecular flexibility index (Phi) is 4.25. The van der Waals surface area contributed by atoms with E-state index in [4.69, 9.17) is 11.6 Å². The monoisotopic (exact) mass is 302 g/mol. The number of aryl methyl sites for hydroxylation is 1. The molecule has 2 aromatic rings. The van der Waals surface area contributed by atoms with Crippen LogP contribution < -0.4 is 0 Å². The molecule has 0 bridgehead atoms. The van der Waals surface area contributed by atoms with Crippen LogP contribution in [0.2, 0.25) is 5.15 Å². The number of benzene rings is 1. The van der Waals surface area contributed by atoms with Gasteiger partial charge >= 0.3 is 0 Å². The molecule has 0 radical (unpaired) electrons. The average Bonchev–Trinajstić information content (AvgIpc) is 2.82. The number of rotatable bonds is 3. The van der Waals surface area contributed by atoms with Gasteiger partial charge in [-0.15, -0.1) is 0 Å². The summed E-state index contributed by atoms with van der Waals surface area (Å²) in [5.74, 6) is 0. The van der Waals surface area contributed by atoms with Crippen LogP contribution in [0.3, 0.4) is 0 Å². The molecule has 0 N–H and O–H groups in total. The zero-order valence-electron chi connectivity index (χ0n) is 12.2. The van der Waals surface area contributed by atoms with Gasteiger partial charge in [0.1, 0.15) is 5.15 Å². The summed E-state index contributed by atoms with van der Waals surface area (Å²) in [6.45, 7) is 4.02. The standard InChI is InChI=1S/C16H19ClN4/c1-13-15(12-18-20-10-6-3-7-11-20)16(17)21(19-13)14-8-4-2-5-9-14/h2,4-5,8-9,12H,3,6-7,10-11H2,1H3/b18-12+. The lowest BCUT2D eigenvalue weighted by atomic mass is 10.2. The van der Waals surface area contributed by atoms with E-state index in [2.05, 4.69) is 15.2 Å². The first kappa shape index (κ1) is 14.1. The summed E-state index contributed by atoms with van der Waals surface area (Å²) in [5.41, 5.74) is 2.75. The lowest BCUT2D eigenvalue weighted by Gasteiger charge is -2.23. The molecule has 1 aromatic heterocycles. The molecule has 0 saturated carbocycles. The highest BCUT2D eigenvalue weighted by Crippen LogP contribution is 2.22. The zero-order chi connectivity index (χ0) is 14.7. The summed E-state index contributed by atoms with van der Waals surface area (Å²) in [4.78, 5) is 0. The van der Waals surface area contributed by atoms with E-state index >= 15 is 0 Å². The van der Waals surface area contributed by atoms with Gasteiger partial charge in [-0.1, -0.05) is 29.8 Å².